The van der Waals surface area contributed by atoms with Crippen LogP contribution in [0.15, 0.2) is 40.1 Å². The van der Waals surface area contributed by atoms with E-state index < -0.39 is 0 Å². The molecule has 1 saturated carbocycles. The molecule has 0 aromatic heterocycles. The Morgan fingerprint density at radius 1 is 1.22 bits per heavy atom. The van der Waals surface area contributed by atoms with Crippen molar-refractivity contribution in [3.8, 4) is 0 Å². The van der Waals surface area contributed by atoms with Crippen LogP contribution in [0.3, 0.4) is 0 Å². The first kappa shape index (κ1) is 19.8. The smallest absolute Gasteiger partial charge is 0.251 e. The van der Waals surface area contributed by atoms with Gasteiger partial charge < -0.3 is 5.32 Å². The van der Waals surface area contributed by atoms with Gasteiger partial charge in [-0.3, -0.25) is 9.59 Å². The third-order valence-electron chi connectivity index (χ3n) is 6.33. The average Bonchev–Trinajstić information content (AvgIpc) is 2.67. The van der Waals surface area contributed by atoms with Gasteiger partial charge in [-0.05, 0) is 57.1 Å². The number of fused-ring (bicyclic) bond motifs is 1. The zero-order valence-corrected chi connectivity index (χ0v) is 16.9. The number of nitrogens with zero attached hydrogens (tertiary/aromatic N) is 1. The van der Waals surface area contributed by atoms with Gasteiger partial charge in [0, 0.05) is 23.1 Å². The standard InChI is InChI=1S/C23H32N2O2/c1-4-6-7-16-8-10-17(11-9-16)22(26)24-18-12-13-20-15(3)19(5-2)23(27)25-21(20)14-18/h12-14,16-17,20H,4-11H2,1-3H3,(H,25,27). The fraction of sp³-hybridized carbons (Fsp3) is 0.609. The Hall–Kier alpha value is -1.97. The average molecular weight is 369 g/mol. The maximum Gasteiger partial charge on any atom is 0.251 e. The third-order valence-corrected chi connectivity index (χ3v) is 6.33. The zero-order valence-electron chi connectivity index (χ0n) is 16.9. The van der Waals surface area contributed by atoms with Crippen molar-refractivity contribution in [1.29, 1.82) is 0 Å². The number of aliphatic imine (C=N–C) groups is 1. The number of carbonyl (C=O) groups excluding carboxylic acids is 2. The maximum absolute atomic E-state index is 12.6. The molecule has 4 heteroatoms. The van der Waals surface area contributed by atoms with Crippen LogP contribution in [0.2, 0.25) is 0 Å². The molecule has 1 atom stereocenters. The van der Waals surface area contributed by atoms with Crippen LogP contribution in [0.5, 0.6) is 0 Å². The van der Waals surface area contributed by atoms with E-state index in [1.807, 2.05) is 32.1 Å². The van der Waals surface area contributed by atoms with Gasteiger partial charge in [0.05, 0.1) is 5.71 Å². The highest BCUT2D eigenvalue weighted by molar-refractivity contribution is 6.11. The van der Waals surface area contributed by atoms with Gasteiger partial charge in [0.2, 0.25) is 5.91 Å². The number of carbonyl (C=O) groups is 2. The summed E-state index contributed by atoms with van der Waals surface area (Å²) < 4.78 is 0. The second-order valence-electron chi connectivity index (χ2n) is 8.14. The SMILES string of the molecule is CCCCC1CCC(C(=O)N=C2C=CC3C(=C2)NC(=O)C(CC)=C3C)CC1. The molecule has 0 aromatic rings. The predicted molar refractivity (Wildman–Crippen MR) is 109 cm³/mol. The number of amides is 2. The van der Waals surface area contributed by atoms with Gasteiger partial charge in [-0.25, -0.2) is 4.99 Å². The highest BCUT2D eigenvalue weighted by Crippen LogP contribution is 2.33. The number of hydrogen-bond acceptors (Lipinski definition) is 2. The van der Waals surface area contributed by atoms with Crippen LogP contribution in [0.25, 0.3) is 0 Å². The molecule has 1 N–H and O–H groups in total. The lowest BCUT2D eigenvalue weighted by atomic mass is 9.79. The quantitative estimate of drug-likeness (QED) is 0.752. The van der Waals surface area contributed by atoms with Gasteiger partial charge >= 0.3 is 0 Å². The molecule has 146 valence electrons. The molecule has 0 radical (unpaired) electrons. The highest BCUT2D eigenvalue weighted by Gasteiger charge is 2.30. The molecule has 0 saturated heterocycles. The van der Waals surface area contributed by atoms with Crippen LogP contribution in [0.4, 0.5) is 0 Å². The number of hydrogen-bond donors (Lipinski definition) is 1. The van der Waals surface area contributed by atoms with E-state index in [0.29, 0.717) is 5.71 Å². The topological polar surface area (TPSA) is 58.5 Å². The summed E-state index contributed by atoms with van der Waals surface area (Å²) in [5.74, 6) is 0.931. The molecule has 0 spiro atoms. The maximum atomic E-state index is 12.6. The van der Waals surface area contributed by atoms with E-state index in [1.54, 1.807) is 0 Å². The fourth-order valence-electron chi connectivity index (χ4n) is 4.58. The third kappa shape index (κ3) is 4.48. The van der Waals surface area contributed by atoms with E-state index >= 15 is 0 Å². The zero-order chi connectivity index (χ0) is 19.4. The first-order chi connectivity index (χ1) is 13.0. The number of rotatable bonds is 5. The summed E-state index contributed by atoms with van der Waals surface area (Å²) in [6, 6.07) is 0. The van der Waals surface area contributed by atoms with Crippen LogP contribution >= 0.6 is 0 Å². The van der Waals surface area contributed by atoms with Gasteiger partial charge in [-0.2, -0.15) is 0 Å². The van der Waals surface area contributed by atoms with Crippen molar-refractivity contribution < 1.29 is 9.59 Å². The second kappa shape index (κ2) is 8.81. The molecule has 1 heterocycles. The summed E-state index contributed by atoms with van der Waals surface area (Å²) in [5.41, 5.74) is 3.46. The van der Waals surface area contributed by atoms with Crippen molar-refractivity contribution in [3.63, 3.8) is 0 Å². The van der Waals surface area contributed by atoms with Crippen molar-refractivity contribution in [2.24, 2.45) is 22.7 Å². The van der Waals surface area contributed by atoms with Gasteiger partial charge in [0.25, 0.3) is 5.91 Å². The molecule has 1 aliphatic heterocycles. The lowest BCUT2D eigenvalue weighted by molar-refractivity contribution is -0.122. The van der Waals surface area contributed by atoms with Crippen molar-refractivity contribution in [2.45, 2.75) is 72.1 Å². The Bertz CT molecular complexity index is 719. The molecule has 1 fully saturated rings. The molecule has 27 heavy (non-hydrogen) atoms. The molecule has 0 bridgehead atoms. The molecule has 4 nitrogen and oxygen atoms in total. The summed E-state index contributed by atoms with van der Waals surface area (Å²) in [7, 11) is 0. The molecule has 3 aliphatic rings. The predicted octanol–water partition coefficient (Wildman–Crippen LogP) is 4.88. The van der Waals surface area contributed by atoms with Crippen LogP contribution in [0, 0.1) is 17.8 Å². The second-order valence-corrected chi connectivity index (χ2v) is 8.14. The highest BCUT2D eigenvalue weighted by atomic mass is 16.2. The Balaban J connectivity index is 1.64. The molecule has 1 unspecified atom stereocenters. The lowest BCUT2D eigenvalue weighted by Gasteiger charge is -2.29. The van der Waals surface area contributed by atoms with Crippen LogP contribution in [-0.4, -0.2) is 17.5 Å². The van der Waals surface area contributed by atoms with Crippen LogP contribution < -0.4 is 5.32 Å². The normalized spacial score (nSPS) is 29.4. The number of allylic oxidation sites excluding steroid dienone is 3. The number of nitrogens with one attached hydrogen (secondary N) is 1. The lowest BCUT2D eigenvalue weighted by Crippen LogP contribution is -2.36. The van der Waals surface area contributed by atoms with Crippen LogP contribution in [-0.2, 0) is 9.59 Å². The van der Waals surface area contributed by atoms with E-state index in [1.165, 1.54) is 19.3 Å². The van der Waals surface area contributed by atoms with Gasteiger partial charge in [-0.1, -0.05) is 44.8 Å². The Morgan fingerprint density at radius 2 is 1.96 bits per heavy atom. The molecular formula is C23H32N2O2. The first-order valence-corrected chi connectivity index (χ1v) is 10.6. The largest absolute Gasteiger partial charge is 0.325 e. The van der Waals surface area contributed by atoms with Crippen molar-refractivity contribution in [3.05, 3.63) is 35.1 Å². The molecular weight excluding hydrogens is 336 g/mol. The van der Waals surface area contributed by atoms with E-state index in [4.69, 9.17) is 0 Å². The minimum atomic E-state index is -0.0242. The Labute approximate surface area is 162 Å². The van der Waals surface area contributed by atoms with Gasteiger partial charge in [0.1, 0.15) is 0 Å². The summed E-state index contributed by atoms with van der Waals surface area (Å²) >= 11 is 0. The minimum absolute atomic E-state index is 0.00235. The number of unbranched alkanes of at least 4 members (excludes halogenated alkanes) is 1. The molecule has 2 amide bonds. The minimum Gasteiger partial charge on any atom is -0.325 e. The van der Waals surface area contributed by atoms with Crippen molar-refractivity contribution >= 4 is 17.5 Å². The van der Waals surface area contributed by atoms with Gasteiger partial charge in [0.15, 0.2) is 0 Å². The van der Waals surface area contributed by atoms with E-state index in [0.717, 1.165) is 54.9 Å². The van der Waals surface area contributed by atoms with E-state index in [9.17, 15) is 9.59 Å². The molecule has 0 aromatic carbocycles. The van der Waals surface area contributed by atoms with Crippen molar-refractivity contribution in [2.75, 3.05) is 0 Å². The van der Waals surface area contributed by atoms with E-state index in [-0.39, 0.29) is 23.7 Å². The molecule has 3 rings (SSSR count). The Kier molecular flexibility index (Phi) is 6.46. The van der Waals surface area contributed by atoms with Crippen molar-refractivity contribution in [1.82, 2.24) is 5.32 Å². The van der Waals surface area contributed by atoms with Crippen LogP contribution in [0.1, 0.15) is 72.1 Å². The van der Waals surface area contributed by atoms with Gasteiger partial charge in [-0.15, -0.1) is 0 Å². The monoisotopic (exact) mass is 368 g/mol. The Morgan fingerprint density at radius 3 is 2.63 bits per heavy atom. The summed E-state index contributed by atoms with van der Waals surface area (Å²) in [6.07, 6.45) is 14.6. The van der Waals surface area contributed by atoms with E-state index in [2.05, 4.69) is 17.2 Å². The first-order valence-electron chi connectivity index (χ1n) is 10.6. The summed E-state index contributed by atoms with van der Waals surface area (Å²) in [4.78, 5) is 29.2. The molecule has 2 aliphatic carbocycles. The fourth-order valence-corrected chi connectivity index (χ4v) is 4.58. The summed E-state index contributed by atoms with van der Waals surface area (Å²) in [5, 5.41) is 2.98. The summed E-state index contributed by atoms with van der Waals surface area (Å²) in [6.45, 7) is 6.25.